The summed E-state index contributed by atoms with van der Waals surface area (Å²) in [5.74, 6) is -1.22. The number of rotatable bonds is 3. The lowest BCUT2D eigenvalue weighted by Crippen LogP contribution is -2.34. The van der Waals surface area contributed by atoms with Crippen molar-refractivity contribution in [1.82, 2.24) is 5.32 Å². The van der Waals surface area contributed by atoms with Crippen molar-refractivity contribution in [3.63, 3.8) is 0 Å². The fourth-order valence-electron chi connectivity index (χ4n) is 1.28. The predicted octanol–water partition coefficient (Wildman–Crippen LogP) is 3.22. The summed E-state index contributed by atoms with van der Waals surface area (Å²) in [6.07, 6.45) is 0. The molecule has 3 N–H and O–H groups in total. The number of amides is 2. The maximum absolute atomic E-state index is 11.5. The number of hydrogen-bond acceptors (Lipinski definition) is 2. The first-order valence-electron chi connectivity index (χ1n) is 5.11. The number of aromatic carboxylic acids is 1. The number of carbonyl (C=O) groups is 2. The highest BCUT2D eigenvalue weighted by Gasteiger charge is 2.17. The highest BCUT2D eigenvalue weighted by molar-refractivity contribution is 6.37. The fraction of sp³-hybridized carbons (Fsp3) is 0.273. The maximum Gasteiger partial charge on any atom is 0.337 e. The third-order valence-electron chi connectivity index (χ3n) is 1.94. The van der Waals surface area contributed by atoms with Gasteiger partial charge < -0.3 is 15.7 Å². The maximum atomic E-state index is 11.5. The number of anilines is 1. The van der Waals surface area contributed by atoms with Crippen molar-refractivity contribution in [3.05, 3.63) is 27.7 Å². The largest absolute Gasteiger partial charge is 0.478 e. The quantitative estimate of drug-likeness (QED) is 0.800. The smallest absolute Gasteiger partial charge is 0.337 e. The molecule has 1 aromatic rings. The van der Waals surface area contributed by atoms with Crippen molar-refractivity contribution in [1.29, 1.82) is 0 Å². The van der Waals surface area contributed by atoms with Gasteiger partial charge in [-0.1, -0.05) is 23.2 Å². The van der Waals surface area contributed by atoms with Gasteiger partial charge in [0.15, 0.2) is 0 Å². The highest BCUT2D eigenvalue weighted by atomic mass is 35.5. The Morgan fingerprint density at radius 1 is 1.28 bits per heavy atom. The minimum atomic E-state index is -1.22. The Hall–Kier alpha value is -1.46. The van der Waals surface area contributed by atoms with Crippen molar-refractivity contribution >= 4 is 40.9 Å². The van der Waals surface area contributed by atoms with E-state index in [1.807, 2.05) is 0 Å². The molecule has 0 aliphatic rings. The normalized spacial score (nSPS) is 10.3. The number of halogens is 2. The second-order valence-corrected chi connectivity index (χ2v) is 4.71. The molecule has 0 radical (unpaired) electrons. The Balaban J connectivity index is 3.07. The van der Waals surface area contributed by atoms with E-state index in [9.17, 15) is 9.59 Å². The molecule has 1 rings (SSSR count). The van der Waals surface area contributed by atoms with Crippen LogP contribution in [0.1, 0.15) is 24.2 Å². The summed E-state index contributed by atoms with van der Waals surface area (Å²) >= 11 is 11.6. The molecule has 5 nitrogen and oxygen atoms in total. The Kier molecular flexibility index (Phi) is 4.81. The minimum absolute atomic E-state index is 0.0201. The third-order valence-corrected chi connectivity index (χ3v) is 2.46. The number of benzene rings is 1. The number of nitrogens with one attached hydrogen (secondary N) is 2. The van der Waals surface area contributed by atoms with Gasteiger partial charge in [-0.15, -0.1) is 0 Å². The van der Waals surface area contributed by atoms with E-state index < -0.39 is 12.0 Å². The highest BCUT2D eigenvalue weighted by Crippen LogP contribution is 2.30. The van der Waals surface area contributed by atoms with Gasteiger partial charge in [-0.2, -0.15) is 0 Å². The lowest BCUT2D eigenvalue weighted by molar-refractivity contribution is 0.0698. The molecule has 0 aliphatic carbocycles. The summed E-state index contributed by atoms with van der Waals surface area (Å²) in [5.41, 5.74) is -0.141. The standard InChI is InChI=1S/C11H12Cl2N2O3/c1-5(2)14-11(18)15-9-7(10(16)17)3-6(12)4-8(9)13/h3-5H,1-2H3,(H,16,17)(H2,14,15,18). The number of carbonyl (C=O) groups excluding carboxylic acids is 1. The van der Waals surface area contributed by atoms with E-state index >= 15 is 0 Å². The molecular weight excluding hydrogens is 279 g/mol. The summed E-state index contributed by atoms with van der Waals surface area (Å²) in [6.45, 7) is 3.56. The Morgan fingerprint density at radius 3 is 2.39 bits per heavy atom. The van der Waals surface area contributed by atoms with Crippen molar-refractivity contribution in [2.75, 3.05) is 5.32 Å². The lowest BCUT2D eigenvalue weighted by atomic mass is 10.2. The molecule has 0 heterocycles. The van der Waals surface area contributed by atoms with E-state index in [0.717, 1.165) is 0 Å². The molecule has 0 fully saturated rings. The van der Waals surface area contributed by atoms with Gasteiger partial charge in [0.2, 0.25) is 0 Å². The molecular formula is C11H12Cl2N2O3. The van der Waals surface area contributed by atoms with Crippen LogP contribution in [0.5, 0.6) is 0 Å². The molecule has 0 spiro atoms. The van der Waals surface area contributed by atoms with Crippen molar-refractivity contribution in [3.8, 4) is 0 Å². The van der Waals surface area contributed by atoms with Gasteiger partial charge in [0.1, 0.15) is 0 Å². The molecule has 0 aromatic heterocycles. The first kappa shape index (κ1) is 14.6. The van der Waals surface area contributed by atoms with Crippen LogP contribution in [0.15, 0.2) is 12.1 Å². The number of hydrogen-bond donors (Lipinski definition) is 3. The van der Waals surface area contributed by atoms with Crippen LogP contribution >= 0.6 is 23.2 Å². The Labute approximate surface area is 114 Å². The summed E-state index contributed by atoms with van der Waals surface area (Å²) < 4.78 is 0. The molecule has 0 saturated carbocycles. The van der Waals surface area contributed by atoms with Crippen LogP contribution in [0.4, 0.5) is 10.5 Å². The Morgan fingerprint density at radius 2 is 1.89 bits per heavy atom. The molecule has 0 unspecified atom stereocenters. The first-order chi connectivity index (χ1) is 8.31. The summed E-state index contributed by atoms with van der Waals surface area (Å²) in [6, 6.07) is 1.97. The van der Waals surface area contributed by atoms with Crippen LogP contribution in [0.2, 0.25) is 10.0 Å². The molecule has 2 amide bonds. The topological polar surface area (TPSA) is 78.4 Å². The van der Waals surface area contributed by atoms with Gasteiger partial charge in [-0.3, -0.25) is 0 Å². The van der Waals surface area contributed by atoms with Gasteiger partial charge in [0, 0.05) is 11.1 Å². The van der Waals surface area contributed by atoms with Crippen molar-refractivity contribution in [2.24, 2.45) is 0 Å². The second kappa shape index (κ2) is 5.93. The number of carboxylic acid groups (broad SMARTS) is 1. The van der Waals surface area contributed by atoms with Crippen molar-refractivity contribution in [2.45, 2.75) is 19.9 Å². The van der Waals surface area contributed by atoms with E-state index in [1.165, 1.54) is 12.1 Å². The molecule has 0 aliphatic heterocycles. The van der Waals surface area contributed by atoms with Crippen LogP contribution < -0.4 is 10.6 Å². The predicted molar refractivity (Wildman–Crippen MR) is 70.7 cm³/mol. The van der Waals surface area contributed by atoms with Gasteiger partial charge in [0.25, 0.3) is 0 Å². The monoisotopic (exact) mass is 290 g/mol. The zero-order chi connectivity index (χ0) is 13.9. The van der Waals surface area contributed by atoms with Gasteiger partial charge >= 0.3 is 12.0 Å². The molecule has 0 saturated heterocycles. The molecule has 0 atom stereocenters. The molecule has 18 heavy (non-hydrogen) atoms. The number of urea groups is 1. The minimum Gasteiger partial charge on any atom is -0.478 e. The fourth-order valence-corrected chi connectivity index (χ4v) is 1.82. The van der Waals surface area contributed by atoms with Gasteiger partial charge in [-0.05, 0) is 26.0 Å². The van der Waals surface area contributed by atoms with E-state index in [4.69, 9.17) is 28.3 Å². The molecule has 7 heteroatoms. The van der Waals surface area contributed by atoms with Crippen LogP contribution in [0, 0.1) is 0 Å². The van der Waals surface area contributed by atoms with E-state index in [-0.39, 0.29) is 27.3 Å². The van der Waals surface area contributed by atoms with E-state index in [1.54, 1.807) is 13.8 Å². The van der Waals surface area contributed by atoms with Crippen LogP contribution in [-0.4, -0.2) is 23.1 Å². The third kappa shape index (κ3) is 3.78. The molecule has 1 aromatic carbocycles. The van der Waals surface area contributed by atoms with Gasteiger partial charge in [-0.25, -0.2) is 9.59 Å². The summed E-state index contributed by atoms with van der Waals surface area (Å²) in [4.78, 5) is 22.6. The zero-order valence-electron chi connectivity index (χ0n) is 9.75. The van der Waals surface area contributed by atoms with Crippen molar-refractivity contribution < 1.29 is 14.7 Å². The van der Waals surface area contributed by atoms with Gasteiger partial charge in [0.05, 0.1) is 16.3 Å². The van der Waals surface area contributed by atoms with E-state index in [0.29, 0.717) is 0 Å². The summed E-state index contributed by atoms with van der Waals surface area (Å²) in [5, 5.41) is 14.2. The lowest BCUT2D eigenvalue weighted by Gasteiger charge is -2.13. The zero-order valence-corrected chi connectivity index (χ0v) is 11.3. The summed E-state index contributed by atoms with van der Waals surface area (Å²) in [7, 11) is 0. The number of carboxylic acids is 1. The van der Waals surface area contributed by atoms with Crippen LogP contribution in [0.3, 0.4) is 0 Å². The average Bonchev–Trinajstić information content (AvgIpc) is 2.20. The molecule has 98 valence electrons. The van der Waals surface area contributed by atoms with E-state index in [2.05, 4.69) is 10.6 Å². The second-order valence-electron chi connectivity index (χ2n) is 3.87. The first-order valence-corrected chi connectivity index (χ1v) is 5.86. The van der Waals surface area contributed by atoms with Crippen LogP contribution in [-0.2, 0) is 0 Å². The van der Waals surface area contributed by atoms with Crippen LogP contribution in [0.25, 0.3) is 0 Å². The average molecular weight is 291 g/mol. The Bertz CT molecular complexity index is 489. The molecule has 0 bridgehead atoms. The SMILES string of the molecule is CC(C)NC(=O)Nc1c(Cl)cc(Cl)cc1C(=O)O.